The minimum Gasteiger partial charge on any atom is -0.318 e. The molecular weight excluding hydrogens is 186 g/mol. The Kier molecular flexibility index (Phi) is 5.29. The third kappa shape index (κ3) is 4.40. The van der Waals surface area contributed by atoms with Gasteiger partial charge in [0.1, 0.15) is 0 Å². The summed E-state index contributed by atoms with van der Waals surface area (Å²) in [5.41, 5.74) is 1.36. The summed E-state index contributed by atoms with van der Waals surface area (Å²) in [6, 6.07) is 4.74. The van der Waals surface area contributed by atoms with Gasteiger partial charge >= 0.3 is 0 Å². The summed E-state index contributed by atoms with van der Waals surface area (Å²) in [6.07, 6.45) is 4.80. The van der Waals surface area contributed by atoms with E-state index >= 15 is 0 Å². The topological polar surface area (TPSA) is 28.2 Å². The van der Waals surface area contributed by atoms with Crippen LogP contribution in [-0.2, 0) is 6.42 Å². The van der Waals surface area contributed by atoms with Crippen LogP contribution in [0.2, 0.25) is 0 Å². The molecule has 1 heterocycles. The van der Waals surface area contributed by atoms with Crippen molar-refractivity contribution >= 4 is 0 Å². The SMILES string of the molecule is CNCC(C)N(C)CCc1ccncc1. The van der Waals surface area contributed by atoms with Crippen LogP contribution < -0.4 is 5.32 Å². The van der Waals surface area contributed by atoms with E-state index in [2.05, 4.69) is 41.3 Å². The van der Waals surface area contributed by atoms with E-state index in [0.717, 1.165) is 19.5 Å². The largest absolute Gasteiger partial charge is 0.318 e. The van der Waals surface area contributed by atoms with Crippen molar-refractivity contribution in [3.05, 3.63) is 30.1 Å². The van der Waals surface area contributed by atoms with E-state index in [-0.39, 0.29) is 0 Å². The lowest BCUT2D eigenvalue weighted by atomic mass is 10.2. The molecule has 0 aliphatic heterocycles. The van der Waals surface area contributed by atoms with E-state index in [0.29, 0.717) is 6.04 Å². The van der Waals surface area contributed by atoms with Gasteiger partial charge in [-0.1, -0.05) is 0 Å². The third-order valence-corrected chi connectivity index (χ3v) is 2.75. The van der Waals surface area contributed by atoms with Gasteiger partial charge in [0.05, 0.1) is 0 Å². The fourth-order valence-electron chi connectivity index (χ4n) is 1.53. The minimum absolute atomic E-state index is 0.580. The Morgan fingerprint density at radius 3 is 2.67 bits per heavy atom. The molecule has 0 aliphatic carbocycles. The van der Waals surface area contributed by atoms with Crippen LogP contribution in [0.1, 0.15) is 12.5 Å². The predicted octanol–water partition coefficient (Wildman–Crippen LogP) is 1.16. The molecule has 0 bridgehead atoms. The summed E-state index contributed by atoms with van der Waals surface area (Å²) in [5, 5.41) is 3.19. The van der Waals surface area contributed by atoms with Crippen LogP contribution in [-0.4, -0.2) is 43.1 Å². The quantitative estimate of drug-likeness (QED) is 0.759. The highest BCUT2D eigenvalue weighted by atomic mass is 15.1. The van der Waals surface area contributed by atoms with Gasteiger partial charge in [0.15, 0.2) is 0 Å². The Balaban J connectivity index is 2.31. The van der Waals surface area contributed by atoms with E-state index < -0.39 is 0 Å². The first-order valence-electron chi connectivity index (χ1n) is 5.47. The minimum atomic E-state index is 0.580. The van der Waals surface area contributed by atoms with Crippen molar-refractivity contribution < 1.29 is 0 Å². The van der Waals surface area contributed by atoms with Gasteiger partial charge in [0.25, 0.3) is 0 Å². The predicted molar refractivity (Wildman–Crippen MR) is 64.0 cm³/mol. The Bertz CT molecular complexity index is 261. The van der Waals surface area contributed by atoms with Gasteiger partial charge in [-0.15, -0.1) is 0 Å². The lowest BCUT2D eigenvalue weighted by Gasteiger charge is -2.24. The lowest BCUT2D eigenvalue weighted by molar-refractivity contribution is 0.257. The van der Waals surface area contributed by atoms with E-state index in [9.17, 15) is 0 Å². The standard InChI is InChI=1S/C12H21N3/c1-11(10-13-2)15(3)9-6-12-4-7-14-8-5-12/h4-5,7-8,11,13H,6,9-10H2,1-3H3. The average Bonchev–Trinajstić information content (AvgIpc) is 2.27. The molecule has 0 spiro atoms. The van der Waals surface area contributed by atoms with Crippen molar-refractivity contribution in [3.8, 4) is 0 Å². The van der Waals surface area contributed by atoms with Gasteiger partial charge in [0.2, 0.25) is 0 Å². The fraction of sp³-hybridized carbons (Fsp3) is 0.583. The molecule has 0 saturated heterocycles. The molecule has 1 N–H and O–H groups in total. The molecule has 1 atom stereocenters. The molecule has 1 rings (SSSR count). The Labute approximate surface area is 92.5 Å². The molecule has 3 heteroatoms. The first kappa shape index (κ1) is 12.1. The summed E-state index contributed by atoms with van der Waals surface area (Å²) in [6.45, 7) is 4.36. The zero-order chi connectivity index (χ0) is 11.1. The maximum Gasteiger partial charge on any atom is 0.0270 e. The second kappa shape index (κ2) is 6.53. The number of likely N-dealkylation sites (N-methyl/N-ethyl adjacent to an activating group) is 2. The van der Waals surface area contributed by atoms with Crippen LogP contribution in [0.4, 0.5) is 0 Å². The van der Waals surface area contributed by atoms with Crippen molar-refractivity contribution in [3.63, 3.8) is 0 Å². The van der Waals surface area contributed by atoms with Gasteiger partial charge in [-0.3, -0.25) is 4.98 Å². The molecule has 0 fully saturated rings. The molecule has 0 saturated carbocycles. The van der Waals surface area contributed by atoms with Crippen LogP contribution in [0, 0.1) is 0 Å². The monoisotopic (exact) mass is 207 g/mol. The summed E-state index contributed by atoms with van der Waals surface area (Å²) >= 11 is 0. The zero-order valence-electron chi connectivity index (χ0n) is 9.90. The highest BCUT2D eigenvalue weighted by Gasteiger charge is 2.07. The zero-order valence-corrected chi connectivity index (χ0v) is 9.90. The second-order valence-corrected chi connectivity index (χ2v) is 3.99. The first-order chi connectivity index (χ1) is 7.24. The molecule has 0 amide bonds. The smallest absolute Gasteiger partial charge is 0.0270 e. The molecule has 84 valence electrons. The molecule has 0 radical (unpaired) electrons. The summed E-state index contributed by atoms with van der Waals surface area (Å²) < 4.78 is 0. The van der Waals surface area contributed by atoms with Crippen molar-refractivity contribution in [1.82, 2.24) is 15.2 Å². The van der Waals surface area contributed by atoms with E-state index in [1.165, 1.54) is 5.56 Å². The summed E-state index contributed by atoms with van der Waals surface area (Å²) in [7, 11) is 4.16. The Morgan fingerprint density at radius 1 is 1.40 bits per heavy atom. The Hall–Kier alpha value is -0.930. The maximum absolute atomic E-state index is 4.01. The number of aromatic nitrogens is 1. The van der Waals surface area contributed by atoms with Crippen LogP contribution >= 0.6 is 0 Å². The van der Waals surface area contributed by atoms with Crippen molar-refractivity contribution in [2.75, 3.05) is 27.2 Å². The van der Waals surface area contributed by atoms with Crippen LogP contribution in [0.25, 0.3) is 0 Å². The van der Waals surface area contributed by atoms with E-state index in [1.54, 1.807) is 0 Å². The highest BCUT2D eigenvalue weighted by Crippen LogP contribution is 2.01. The van der Waals surface area contributed by atoms with E-state index in [4.69, 9.17) is 0 Å². The third-order valence-electron chi connectivity index (χ3n) is 2.75. The summed E-state index contributed by atoms with van der Waals surface area (Å²) in [4.78, 5) is 6.39. The molecule has 1 unspecified atom stereocenters. The van der Waals surface area contributed by atoms with Crippen molar-refractivity contribution in [2.45, 2.75) is 19.4 Å². The van der Waals surface area contributed by atoms with Gasteiger partial charge in [-0.25, -0.2) is 0 Å². The number of hydrogen-bond acceptors (Lipinski definition) is 3. The number of rotatable bonds is 6. The van der Waals surface area contributed by atoms with Gasteiger partial charge in [-0.2, -0.15) is 0 Å². The van der Waals surface area contributed by atoms with Gasteiger partial charge in [-0.05, 0) is 45.1 Å². The molecule has 3 nitrogen and oxygen atoms in total. The fourth-order valence-corrected chi connectivity index (χ4v) is 1.53. The van der Waals surface area contributed by atoms with Crippen LogP contribution in [0.3, 0.4) is 0 Å². The molecule has 1 aromatic heterocycles. The number of nitrogens with zero attached hydrogens (tertiary/aromatic N) is 2. The van der Waals surface area contributed by atoms with Crippen LogP contribution in [0.15, 0.2) is 24.5 Å². The molecular formula is C12H21N3. The number of pyridine rings is 1. The number of nitrogens with one attached hydrogen (secondary N) is 1. The highest BCUT2D eigenvalue weighted by molar-refractivity contribution is 5.09. The molecule has 0 aromatic carbocycles. The summed E-state index contributed by atoms with van der Waals surface area (Å²) in [5.74, 6) is 0. The number of hydrogen-bond donors (Lipinski definition) is 1. The average molecular weight is 207 g/mol. The first-order valence-corrected chi connectivity index (χ1v) is 5.47. The normalized spacial score (nSPS) is 13.1. The molecule has 1 aromatic rings. The second-order valence-electron chi connectivity index (χ2n) is 3.99. The maximum atomic E-state index is 4.01. The van der Waals surface area contributed by atoms with E-state index in [1.807, 2.05) is 19.4 Å². The van der Waals surface area contributed by atoms with Crippen molar-refractivity contribution in [2.24, 2.45) is 0 Å². The van der Waals surface area contributed by atoms with Crippen LogP contribution in [0.5, 0.6) is 0 Å². The molecule has 0 aliphatic rings. The van der Waals surface area contributed by atoms with Gasteiger partial charge < -0.3 is 10.2 Å². The Morgan fingerprint density at radius 2 is 2.07 bits per heavy atom. The van der Waals surface area contributed by atoms with Gasteiger partial charge in [0, 0.05) is 31.5 Å². The van der Waals surface area contributed by atoms with Crippen molar-refractivity contribution in [1.29, 1.82) is 0 Å². The molecule has 15 heavy (non-hydrogen) atoms. The lowest BCUT2D eigenvalue weighted by Crippen LogP contribution is -2.37.